The average molecular weight is 275 g/mol. The fourth-order valence-electron chi connectivity index (χ4n) is 1.47. The Morgan fingerprint density at radius 3 is 2.84 bits per heavy atom. The Morgan fingerprint density at radius 1 is 1.37 bits per heavy atom. The highest BCUT2D eigenvalue weighted by Gasteiger charge is 2.08. The molecule has 0 saturated heterocycles. The Kier molecular flexibility index (Phi) is 4.75. The number of ether oxygens (including phenoxy) is 1. The van der Waals surface area contributed by atoms with Crippen molar-refractivity contribution in [2.45, 2.75) is 18.0 Å². The number of nitriles is 1. The lowest BCUT2D eigenvalue weighted by molar-refractivity contribution is 0.414. The average Bonchev–Trinajstić information content (AvgIpc) is 2.92. The summed E-state index contributed by atoms with van der Waals surface area (Å²) in [5.74, 6) is 1.62. The molecule has 0 spiro atoms. The molecule has 19 heavy (non-hydrogen) atoms. The summed E-state index contributed by atoms with van der Waals surface area (Å²) in [5.41, 5.74) is 0.883. The maximum atomic E-state index is 8.49. The quantitative estimate of drug-likeness (QED) is 0.593. The zero-order valence-electron chi connectivity index (χ0n) is 10.5. The summed E-state index contributed by atoms with van der Waals surface area (Å²) in [5, 5.41) is 20.9. The smallest absolute Gasteiger partial charge is 0.214 e. The highest BCUT2D eigenvalue weighted by molar-refractivity contribution is 7.99. The van der Waals surface area contributed by atoms with Gasteiger partial charge in [0, 0.05) is 12.2 Å². The van der Waals surface area contributed by atoms with E-state index in [0.717, 1.165) is 28.8 Å². The van der Waals surface area contributed by atoms with Gasteiger partial charge in [-0.15, -0.1) is 5.10 Å². The molecule has 0 radical (unpaired) electrons. The molecule has 0 aliphatic heterocycles. The molecule has 0 saturated carbocycles. The predicted octanol–water partition coefficient (Wildman–Crippen LogP) is 2.07. The van der Waals surface area contributed by atoms with Crippen molar-refractivity contribution in [3.63, 3.8) is 0 Å². The van der Waals surface area contributed by atoms with E-state index in [2.05, 4.69) is 21.6 Å². The maximum Gasteiger partial charge on any atom is 0.214 e. The first-order chi connectivity index (χ1) is 9.35. The molecule has 0 aliphatic carbocycles. The summed E-state index contributed by atoms with van der Waals surface area (Å²) in [6, 6.07) is 9.64. The second-order valence-electron chi connectivity index (χ2n) is 3.68. The number of methoxy groups -OCH3 is 1. The maximum absolute atomic E-state index is 8.49. The Labute approximate surface area is 115 Å². The van der Waals surface area contributed by atoms with Crippen LogP contribution in [0.5, 0.6) is 5.75 Å². The van der Waals surface area contributed by atoms with E-state index in [-0.39, 0.29) is 0 Å². The van der Waals surface area contributed by atoms with E-state index in [1.807, 2.05) is 24.3 Å². The topological polar surface area (TPSA) is 76.6 Å². The minimum absolute atomic E-state index is 0.553. The van der Waals surface area contributed by atoms with Gasteiger partial charge in [0.2, 0.25) is 5.16 Å². The van der Waals surface area contributed by atoms with E-state index < -0.39 is 0 Å². The molecule has 1 aromatic carbocycles. The number of nitrogens with zero attached hydrogens (tertiary/aromatic N) is 5. The van der Waals surface area contributed by atoms with Crippen LogP contribution in [0.3, 0.4) is 0 Å². The third kappa shape index (κ3) is 3.45. The molecular formula is C12H13N5OS. The minimum atomic E-state index is 0.553. The molecular weight excluding hydrogens is 262 g/mol. The highest BCUT2D eigenvalue weighted by atomic mass is 32.2. The number of hydrogen-bond acceptors (Lipinski definition) is 6. The van der Waals surface area contributed by atoms with Gasteiger partial charge in [0.1, 0.15) is 5.75 Å². The van der Waals surface area contributed by atoms with Crippen molar-refractivity contribution in [2.75, 3.05) is 12.9 Å². The van der Waals surface area contributed by atoms with Crippen LogP contribution in [0.25, 0.3) is 5.69 Å². The lowest BCUT2D eigenvalue weighted by atomic mass is 10.3. The fraction of sp³-hybridized carbons (Fsp3) is 0.333. The summed E-state index contributed by atoms with van der Waals surface area (Å²) in [7, 11) is 1.63. The second-order valence-corrected chi connectivity index (χ2v) is 4.74. The summed E-state index contributed by atoms with van der Waals surface area (Å²) >= 11 is 1.54. The van der Waals surface area contributed by atoms with E-state index in [4.69, 9.17) is 10.00 Å². The summed E-state index contributed by atoms with van der Waals surface area (Å²) in [6.45, 7) is 0. The Morgan fingerprint density at radius 2 is 2.16 bits per heavy atom. The molecule has 0 N–H and O–H groups in total. The molecule has 1 aromatic heterocycles. The number of hydrogen-bond donors (Lipinski definition) is 0. The van der Waals surface area contributed by atoms with Crippen LogP contribution in [0.15, 0.2) is 29.4 Å². The van der Waals surface area contributed by atoms with Gasteiger partial charge in [0.05, 0.1) is 18.9 Å². The predicted molar refractivity (Wildman–Crippen MR) is 71.3 cm³/mol. The van der Waals surface area contributed by atoms with Crippen molar-refractivity contribution in [1.29, 1.82) is 5.26 Å². The van der Waals surface area contributed by atoms with Crippen molar-refractivity contribution in [3.8, 4) is 17.5 Å². The zero-order valence-corrected chi connectivity index (χ0v) is 11.3. The lowest BCUT2D eigenvalue weighted by Crippen LogP contribution is -1.99. The molecule has 0 bridgehead atoms. The van der Waals surface area contributed by atoms with Crippen LogP contribution in [0.1, 0.15) is 12.8 Å². The molecule has 2 aromatic rings. The van der Waals surface area contributed by atoms with E-state index in [0.29, 0.717) is 6.42 Å². The Bertz CT molecular complexity index is 560. The molecule has 1 heterocycles. The molecule has 7 heteroatoms. The first kappa shape index (κ1) is 13.4. The molecule has 2 rings (SSSR count). The van der Waals surface area contributed by atoms with Gasteiger partial charge in [0.25, 0.3) is 0 Å². The van der Waals surface area contributed by atoms with Crippen LogP contribution in [-0.4, -0.2) is 33.1 Å². The van der Waals surface area contributed by atoms with Crippen molar-refractivity contribution >= 4 is 11.8 Å². The SMILES string of the molecule is COc1ccc(-n2nnnc2SCCCC#N)cc1. The van der Waals surface area contributed by atoms with Crippen LogP contribution in [0.2, 0.25) is 0 Å². The normalized spacial score (nSPS) is 10.1. The van der Waals surface area contributed by atoms with Gasteiger partial charge in [-0.2, -0.15) is 9.94 Å². The molecule has 0 amide bonds. The number of aromatic nitrogens is 4. The van der Waals surface area contributed by atoms with Crippen molar-refractivity contribution in [2.24, 2.45) is 0 Å². The van der Waals surface area contributed by atoms with E-state index in [9.17, 15) is 0 Å². The minimum Gasteiger partial charge on any atom is -0.497 e. The molecule has 0 atom stereocenters. The number of unbranched alkanes of at least 4 members (excludes halogenated alkanes) is 1. The van der Waals surface area contributed by atoms with Gasteiger partial charge in [0.15, 0.2) is 0 Å². The van der Waals surface area contributed by atoms with Gasteiger partial charge in [-0.3, -0.25) is 0 Å². The highest BCUT2D eigenvalue weighted by Crippen LogP contribution is 2.20. The van der Waals surface area contributed by atoms with Crippen molar-refractivity contribution in [1.82, 2.24) is 20.2 Å². The third-order valence-corrected chi connectivity index (χ3v) is 3.43. The van der Waals surface area contributed by atoms with E-state index in [1.54, 1.807) is 23.6 Å². The second kappa shape index (κ2) is 6.75. The molecule has 6 nitrogen and oxygen atoms in total. The molecule has 0 fully saturated rings. The fourth-order valence-corrected chi connectivity index (χ4v) is 2.30. The molecule has 0 aliphatic rings. The van der Waals surface area contributed by atoms with Crippen molar-refractivity contribution < 1.29 is 4.74 Å². The molecule has 0 unspecified atom stereocenters. The first-order valence-corrected chi connectivity index (χ1v) is 6.76. The monoisotopic (exact) mass is 275 g/mol. The number of benzene rings is 1. The van der Waals surface area contributed by atoms with Gasteiger partial charge >= 0.3 is 0 Å². The van der Waals surface area contributed by atoms with E-state index >= 15 is 0 Å². The van der Waals surface area contributed by atoms with Gasteiger partial charge in [-0.05, 0) is 41.1 Å². The molecule has 98 valence electrons. The van der Waals surface area contributed by atoms with E-state index in [1.165, 1.54) is 0 Å². The Balaban J connectivity index is 2.07. The van der Waals surface area contributed by atoms with Crippen LogP contribution in [0, 0.1) is 11.3 Å². The summed E-state index contributed by atoms with van der Waals surface area (Å²) in [4.78, 5) is 0. The number of rotatable bonds is 6. The van der Waals surface area contributed by atoms with Crippen LogP contribution < -0.4 is 4.74 Å². The summed E-state index contributed by atoms with van der Waals surface area (Å²) < 4.78 is 6.79. The van der Waals surface area contributed by atoms with Gasteiger partial charge < -0.3 is 4.74 Å². The van der Waals surface area contributed by atoms with Crippen LogP contribution in [-0.2, 0) is 0 Å². The Hall–Kier alpha value is -2.07. The lowest BCUT2D eigenvalue weighted by Gasteiger charge is -2.04. The van der Waals surface area contributed by atoms with Gasteiger partial charge in [-0.1, -0.05) is 11.8 Å². The van der Waals surface area contributed by atoms with Crippen molar-refractivity contribution in [3.05, 3.63) is 24.3 Å². The third-order valence-electron chi connectivity index (χ3n) is 2.42. The summed E-state index contributed by atoms with van der Waals surface area (Å²) in [6.07, 6.45) is 1.38. The number of thioether (sulfide) groups is 1. The van der Waals surface area contributed by atoms with Gasteiger partial charge in [-0.25, -0.2) is 0 Å². The standard InChI is InChI=1S/C12H13N5OS/c1-18-11-6-4-10(5-7-11)17-12(14-15-16-17)19-9-3-2-8-13/h4-7H,2-3,9H2,1H3. The largest absolute Gasteiger partial charge is 0.497 e. The number of tetrazole rings is 1. The van der Waals surface area contributed by atoms with Crippen LogP contribution in [0.4, 0.5) is 0 Å². The zero-order chi connectivity index (χ0) is 13.5. The first-order valence-electron chi connectivity index (χ1n) is 5.77. The van der Waals surface area contributed by atoms with Crippen LogP contribution >= 0.6 is 11.8 Å².